The van der Waals surface area contributed by atoms with Crippen LogP contribution in [-0.4, -0.2) is 37.6 Å². The Bertz CT molecular complexity index is 582. The van der Waals surface area contributed by atoms with Crippen molar-refractivity contribution in [3.63, 3.8) is 0 Å². The van der Waals surface area contributed by atoms with Gasteiger partial charge in [-0.1, -0.05) is 0 Å². The average molecular weight is 299 g/mol. The third kappa shape index (κ3) is 2.39. The topological polar surface area (TPSA) is 52.8 Å². The van der Waals surface area contributed by atoms with E-state index in [2.05, 4.69) is 19.5 Å². The molecular weight excluding hydrogens is 284 g/mol. The van der Waals surface area contributed by atoms with Gasteiger partial charge in [0.1, 0.15) is 12.2 Å². The number of rotatable bonds is 4. The molecule has 7 heteroatoms. The van der Waals surface area contributed by atoms with E-state index in [4.69, 9.17) is 16.3 Å². The van der Waals surface area contributed by atoms with E-state index >= 15 is 0 Å². The third-order valence-corrected chi connectivity index (χ3v) is 4.92. The van der Waals surface area contributed by atoms with Crippen molar-refractivity contribution < 1.29 is 4.74 Å². The Morgan fingerprint density at radius 3 is 3.11 bits per heavy atom. The molecule has 0 radical (unpaired) electrons. The normalized spacial score (nSPS) is 19.2. The summed E-state index contributed by atoms with van der Waals surface area (Å²) >= 11 is 8.02. The van der Waals surface area contributed by atoms with Gasteiger partial charge in [0.15, 0.2) is 11.2 Å². The SMILES string of the molecule is COc1ncnc2c1nc(CCl)n2CC1CCCS1. The van der Waals surface area contributed by atoms with Crippen LogP contribution in [0, 0.1) is 0 Å². The first kappa shape index (κ1) is 13.0. The molecule has 2 aromatic rings. The number of hydrogen-bond donors (Lipinski definition) is 0. The summed E-state index contributed by atoms with van der Waals surface area (Å²) in [6.07, 6.45) is 4.05. The van der Waals surface area contributed by atoms with Crippen LogP contribution in [0.15, 0.2) is 6.33 Å². The minimum absolute atomic E-state index is 0.372. The Morgan fingerprint density at radius 2 is 2.42 bits per heavy atom. The predicted molar refractivity (Wildman–Crippen MR) is 76.9 cm³/mol. The number of imidazole rings is 1. The van der Waals surface area contributed by atoms with E-state index in [-0.39, 0.29) is 0 Å². The number of ether oxygens (including phenoxy) is 1. The van der Waals surface area contributed by atoms with Crippen LogP contribution in [0.1, 0.15) is 18.7 Å². The van der Waals surface area contributed by atoms with Crippen molar-refractivity contribution in [3.8, 4) is 5.88 Å². The molecule has 1 atom stereocenters. The van der Waals surface area contributed by atoms with E-state index in [1.165, 1.54) is 24.9 Å². The second-order valence-corrected chi connectivity index (χ2v) is 6.14. The monoisotopic (exact) mass is 298 g/mol. The zero-order chi connectivity index (χ0) is 13.2. The van der Waals surface area contributed by atoms with Gasteiger partial charge in [-0.25, -0.2) is 9.97 Å². The van der Waals surface area contributed by atoms with Crippen molar-refractivity contribution in [1.82, 2.24) is 19.5 Å². The summed E-state index contributed by atoms with van der Waals surface area (Å²) in [7, 11) is 1.59. The number of fused-ring (bicyclic) bond motifs is 1. The molecule has 0 saturated carbocycles. The molecule has 3 rings (SSSR count). The van der Waals surface area contributed by atoms with Gasteiger partial charge in [0.2, 0.25) is 5.88 Å². The van der Waals surface area contributed by atoms with E-state index in [1.807, 2.05) is 11.8 Å². The first-order valence-electron chi connectivity index (χ1n) is 6.25. The maximum atomic E-state index is 6.01. The Kier molecular flexibility index (Phi) is 3.79. The van der Waals surface area contributed by atoms with Gasteiger partial charge in [-0.2, -0.15) is 16.7 Å². The molecule has 1 saturated heterocycles. The Hall–Kier alpha value is -1.01. The molecule has 0 amide bonds. The van der Waals surface area contributed by atoms with Crippen LogP contribution in [0.4, 0.5) is 0 Å². The molecule has 0 aliphatic carbocycles. The summed E-state index contributed by atoms with van der Waals surface area (Å²) < 4.78 is 7.34. The van der Waals surface area contributed by atoms with Crippen LogP contribution in [0.25, 0.3) is 11.2 Å². The molecule has 1 fully saturated rings. The Labute approximate surface area is 120 Å². The zero-order valence-electron chi connectivity index (χ0n) is 10.7. The molecule has 2 aromatic heterocycles. The maximum absolute atomic E-state index is 6.01. The van der Waals surface area contributed by atoms with E-state index in [0.29, 0.717) is 22.5 Å². The molecule has 1 unspecified atom stereocenters. The molecule has 5 nitrogen and oxygen atoms in total. The lowest BCUT2D eigenvalue weighted by molar-refractivity contribution is 0.401. The minimum Gasteiger partial charge on any atom is -0.479 e. The third-order valence-electron chi connectivity index (χ3n) is 3.30. The smallest absolute Gasteiger partial charge is 0.245 e. The van der Waals surface area contributed by atoms with Crippen LogP contribution in [0.5, 0.6) is 5.88 Å². The lowest BCUT2D eigenvalue weighted by Gasteiger charge is -2.12. The van der Waals surface area contributed by atoms with Gasteiger partial charge in [0.25, 0.3) is 0 Å². The number of alkyl halides is 1. The van der Waals surface area contributed by atoms with Crippen molar-refractivity contribution in [2.75, 3.05) is 12.9 Å². The second kappa shape index (κ2) is 5.54. The summed E-state index contributed by atoms with van der Waals surface area (Å²) in [6.45, 7) is 0.906. The van der Waals surface area contributed by atoms with Crippen molar-refractivity contribution in [2.24, 2.45) is 0 Å². The van der Waals surface area contributed by atoms with Crippen molar-refractivity contribution in [2.45, 2.75) is 30.5 Å². The predicted octanol–water partition coefficient (Wildman–Crippen LogP) is 2.47. The quantitative estimate of drug-likeness (QED) is 0.812. The van der Waals surface area contributed by atoms with Crippen molar-refractivity contribution in [3.05, 3.63) is 12.2 Å². The fraction of sp³-hybridized carbons (Fsp3) is 0.583. The highest BCUT2D eigenvalue weighted by atomic mass is 35.5. The highest BCUT2D eigenvalue weighted by Gasteiger charge is 2.21. The summed E-state index contributed by atoms with van der Waals surface area (Å²) in [6, 6.07) is 0. The van der Waals surface area contributed by atoms with E-state index in [9.17, 15) is 0 Å². The number of hydrogen-bond acceptors (Lipinski definition) is 5. The first-order valence-corrected chi connectivity index (χ1v) is 7.83. The van der Waals surface area contributed by atoms with Gasteiger partial charge < -0.3 is 9.30 Å². The van der Waals surface area contributed by atoms with E-state index < -0.39 is 0 Å². The van der Waals surface area contributed by atoms with Crippen molar-refractivity contribution >= 4 is 34.5 Å². The molecular formula is C12H15ClN4OS. The number of methoxy groups -OCH3 is 1. The van der Waals surface area contributed by atoms with E-state index in [0.717, 1.165) is 18.0 Å². The Morgan fingerprint density at radius 1 is 1.53 bits per heavy atom. The van der Waals surface area contributed by atoms with Crippen LogP contribution in [0.3, 0.4) is 0 Å². The lowest BCUT2D eigenvalue weighted by Crippen LogP contribution is -2.12. The lowest BCUT2D eigenvalue weighted by atomic mass is 10.2. The molecule has 0 spiro atoms. The number of aromatic nitrogens is 4. The van der Waals surface area contributed by atoms with Gasteiger partial charge in [0, 0.05) is 11.8 Å². The van der Waals surface area contributed by atoms with Crippen LogP contribution in [-0.2, 0) is 12.4 Å². The zero-order valence-corrected chi connectivity index (χ0v) is 12.2. The number of thioether (sulfide) groups is 1. The van der Waals surface area contributed by atoms with Crippen LogP contribution < -0.4 is 4.74 Å². The fourth-order valence-electron chi connectivity index (χ4n) is 2.40. The van der Waals surface area contributed by atoms with Crippen molar-refractivity contribution in [1.29, 1.82) is 0 Å². The largest absolute Gasteiger partial charge is 0.479 e. The van der Waals surface area contributed by atoms with Gasteiger partial charge in [-0.15, -0.1) is 11.6 Å². The highest BCUT2D eigenvalue weighted by molar-refractivity contribution is 8.00. The number of halogens is 1. The summed E-state index contributed by atoms with van der Waals surface area (Å²) in [5, 5.41) is 0.625. The van der Waals surface area contributed by atoms with E-state index in [1.54, 1.807) is 7.11 Å². The molecule has 102 valence electrons. The molecule has 1 aliphatic heterocycles. The Balaban J connectivity index is 2.05. The highest BCUT2D eigenvalue weighted by Crippen LogP contribution is 2.30. The minimum atomic E-state index is 0.372. The summed E-state index contributed by atoms with van der Waals surface area (Å²) in [5.41, 5.74) is 1.51. The van der Waals surface area contributed by atoms with Gasteiger partial charge in [-0.3, -0.25) is 0 Å². The van der Waals surface area contributed by atoms with Crippen LogP contribution >= 0.6 is 23.4 Å². The van der Waals surface area contributed by atoms with Gasteiger partial charge in [-0.05, 0) is 18.6 Å². The standard InChI is InChI=1S/C12H15ClN4OS/c1-18-12-10-11(14-7-15-12)17(9(5-13)16-10)6-8-3-2-4-19-8/h7-8H,2-6H2,1H3. The molecule has 3 heterocycles. The fourth-order valence-corrected chi connectivity index (χ4v) is 3.85. The number of nitrogens with zero attached hydrogens (tertiary/aromatic N) is 4. The molecule has 0 aromatic carbocycles. The molecule has 0 bridgehead atoms. The first-order chi connectivity index (χ1) is 9.33. The summed E-state index contributed by atoms with van der Waals surface area (Å²) in [5.74, 6) is 2.96. The summed E-state index contributed by atoms with van der Waals surface area (Å²) in [4.78, 5) is 12.9. The maximum Gasteiger partial charge on any atom is 0.245 e. The van der Waals surface area contributed by atoms with Crippen LogP contribution in [0.2, 0.25) is 0 Å². The molecule has 19 heavy (non-hydrogen) atoms. The second-order valence-electron chi connectivity index (χ2n) is 4.46. The van der Waals surface area contributed by atoms with Gasteiger partial charge in [0.05, 0.1) is 13.0 Å². The molecule has 0 N–H and O–H groups in total. The molecule has 1 aliphatic rings. The average Bonchev–Trinajstić information content (AvgIpc) is 3.07. The van der Waals surface area contributed by atoms with Gasteiger partial charge >= 0.3 is 0 Å².